The molecule has 0 aliphatic heterocycles. The molecule has 1 heterocycles. The molecule has 1 aromatic heterocycles. The minimum absolute atomic E-state index is 0.00197. The van der Waals surface area contributed by atoms with E-state index in [1.807, 2.05) is 42.1 Å². The van der Waals surface area contributed by atoms with Crippen molar-refractivity contribution in [2.45, 2.75) is 38.3 Å². The number of para-hydroxylation sites is 1. The lowest BCUT2D eigenvalue weighted by Gasteiger charge is -2.19. The Morgan fingerprint density at radius 2 is 1.84 bits per heavy atom. The molecule has 6 N–H and O–H groups in total. The number of hydrogen-bond acceptors (Lipinski definition) is 7. The van der Waals surface area contributed by atoms with Crippen LogP contribution in [0.2, 0.25) is 0 Å². The van der Waals surface area contributed by atoms with Crippen LogP contribution >= 0.6 is 0 Å². The van der Waals surface area contributed by atoms with Gasteiger partial charge >= 0.3 is 5.97 Å². The fourth-order valence-corrected chi connectivity index (χ4v) is 2.95. The van der Waals surface area contributed by atoms with E-state index in [9.17, 15) is 22.8 Å². The van der Waals surface area contributed by atoms with E-state index < -0.39 is 40.0 Å². The third-order valence-electron chi connectivity index (χ3n) is 4.33. The van der Waals surface area contributed by atoms with Crippen LogP contribution in [0.1, 0.15) is 25.3 Å². The van der Waals surface area contributed by atoms with Crippen LogP contribution in [0.25, 0.3) is 10.9 Å². The Kier molecular flexibility index (Phi) is 10.3. The fourth-order valence-electron chi connectivity index (χ4n) is 2.95. The van der Waals surface area contributed by atoms with Crippen molar-refractivity contribution in [3.05, 3.63) is 36.0 Å². The summed E-state index contributed by atoms with van der Waals surface area (Å²) in [5.41, 5.74) is 12.8. The molecule has 0 bridgehead atoms. The topological polar surface area (TPSA) is 184 Å². The van der Waals surface area contributed by atoms with Crippen molar-refractivity contribution in [1.82, 2.24) is 9.88 Å². The molecule has 0 radical (unpaired) electrons. The Labute approximate surface area is 186 Å². The molecule has 0 spiro atoms. The van der Waals surface area contributed by atoms with E-state index in [0.717, 1.165) is 16.5 Å². The molecular weight excluding hydrogens is 440 g/mol. The third-order valence-corrected chi connectivity index (χ3v) is 4.33. The number of aromatic nitrogens is 1. The number of nitrogens with two attached hydrogens (primary N) is 2. The van der Waals surface area contributed by atoms with Crippen LogP contribution < -0.4 is 16.8 Å². The van der Waals surface area contributed by atoms with Crippen molar-refractivity contribution in [1.29, 1.82) is 0 Å². The van der Waals surface area contributed by atoms with Gasteiger partial charge in [0.1, 0.15) is 6.04 Å². The number of nitrogens with one attached hydrogen (secondary N) is 1. The highest BCUT2D eigenvalue weighted by atomic mass is 32.2. The quantitative estimate of drug-likeness (QED) is 0.288. The first-order valence-electron chi connectivity index (χ1n) is 9.79. The van der Waals surface area contributed by atoms with Crippen LogP contribution in [-0.2, 0) is 42.7 Å². The minimum Gasteiger partial charge on any atom is -0.464 e. The molecule has 0 saturated heterocycles. The van der Waals surface area contributed by atoms with E-state index in [0.29, 0.717) is 6.26 Å². The maximum Gasteiger partial charge on any atom is 0.328 e. The number of hydrogen-bond donors (Lipinski definition) is 4. The fraction of sp³-hybridized carbons (Fsp3) is 0.450. The van der Waals surface area contributed by atoms with E-state index in [1.54, 1.807) is 6.92 Å². The molecule has 2 unspecified atom stereocenters. The Morgan fingerprint density at radius 1 is 1.25 bits per heavy atom. The van der Waals surface area contributed by atoms with Gasteiger partial charge in [0, 0.05) is 37.0 Å². The van der Waals surface area contributed by atoms with Gasteiger partial charge in [0.25, 0.3) is 10.1 Å². The molecular formula is C20H30N4O7S. The van der Waals surface area contributed by atoms with Crippen molar-refractivity contribution < 1.29 is 32.1 Å². The van der Waals surface area contributed by atoms with Gasteiger partial charge in [-0.05, 0) is 25.0 Å². The zero-order valence-corrected chi connectivity index (χ0v) is 19.1. The molecule has 2 amide bonds. The molecule has 1 aromatic carbocycles. The van der Waals surface area contributed by atoms with Gasteiger partial charge in [-0.2, -0.15) is 8.42 Å². The first-order chi connectivity index (χ1) is 14.8. The molecule has 0 fully saturated rings. The van der Waals surface area contributed by atoms with Gasteiger partial charge in [-0.3, -0.25) is 14.1 Å². The van der Waals surface area contributed by atoms with Crippen LogP contribution in [0.3, 0.4) is 0 Å². The van der Waals surface area contributed by atoms with Gasteiger partial charge in [-0.1, -0.05) is 18.2 Å². The Hall–Kier alpha value is -2.96. The molecule has 0 aliphatic rings. The number of benzene rings is 1. The van der Waals surface area contributed by atoms with E-state index in [1.165, 1.54) is 0 Å². The number of ether oxygens (including phenoxy) is 1. The van der Waals surface area contributed by atoms with Gasteiger partial charge in [0.2, 0.25) is 11.8 Å². The van der Waals surface area contributed by atoms with Crippen LogP contribution in [0, 0.1) is 0 Å². The molecule has 32 heavy (non-hydrogen) atoms. The highest BCUT2D eigenvalue weighted by Gasteiger charge is 2.26. The molecule has 2 rings (SSSR count). The minimum atomic E-state index is -3.67. The molecule has 12 heteroatoms. The summed E-state index contributed by atoms with van der Waals surface area (Å²) >= 11 is 0. The standard InChI is InChI=1S/C19H26N4O4.CH4O3S/c1-3-27-19(26)15(22-18(25)14(20)8-9-17(21)24)10-12-11-23(2)16-7-5-4-6-13(12)16;1-5(2,3)4/h4-7,11,14-15H,3,8-10,20H2,1-2H3,(H2,21,24)(H,22,25);1H3,(H,2,3,4). The summed E-state index contributed by atoms with van der Waals surface area (Å²) in [7, 11) is -1.75. The van der Waals surface area contributed by atoms with E-state index in [-0.39, 0.29) is 25.9 Å². The third kappa shape index (κ3) is 9.45. The number of nitrogens with zero attached hydrogens (tertiary/aromatic N) is 1. The lowest BCUT2D eigenvalue weighted by molar-refractivity contribution is -0.147. The maximum absolute atomic E-state index is 12.4. The summed E-state index contributed by atoms with van der Waals surface area (Å²) in [5.74, 6) is -1.58. The van der Waals surface area contributed by atoms with Gasteiger partial charge in [0.15, 0.2) is 0 Å². The number of esters is 1. The molecule has 2 atom stereocenters. The number of primary amides is 1. The number of carbonyl (C=O) groups excluding carboxylic acids is 3. The second-order valence-electron chi connectivity index (χ2n) is 7.14. The first-order valence-corrected chi connectivity index (χ1v) is 11.6. The Morgan fingerprint density at radius 3 is 2.41 bits per heavy atom. The number of rotatable bonds is 9. The van der Waals surface area contributed by atoms with Crippen molar-refractivity contribution in [2.24, 2.45) is 18.5 Å². The van der Waals surface area contributed by atoms with Gasteiger partial charge < -0.3 is 26.1 Å². The van der Waals surface area contributed by atoms with E-state index in [2.05, 4.69) is 5.32 Å². The second kappa shape index (κ2) is 12.2. The zero-order chi connectivity index (χ0) is 24.5. The summed E-state index contributed by atoms with van der Waals surface area (Å²) in [6.07, 6.45) is 3.03. The molecule has 178 valence electrons. The lowest BCUT2D eigenvalue weighted by atomic mass is 10.0. The predicted octanol–water partition coefficient (Wildman–Crippen LogP) is -0.134. The molecule has 2 aromatic rings. The Bertz CT molecular complexity index is 1040. The predicted molar refractivity (Wildman–Crippen MR) is 119 cm³/mol. The van der Waals surface area contributed by atoms with Gasteiger partial charge in [-0.25, -0.2) is 4.79 Å². The summed E-state index contributed by atoms with van der Waals surface area (Å²) in [6, 6.07) is 6.01. The molecule has 0 saturated carbocycles. The molecule has 11 nitrogen and oxygen atoms in total. The van der Waals surface area contributed by atoms with E-state index >= 15 is 0 Å². The highest BCUT2D eigenvalue weighted by Crippen LogP contribution is 2.22. The van der Waals surface area contributed by atoms with Gasteiger partial charge in [-0.15, -0.1) is 0 Å². The normalized spacial score (nSPS) is 12.9. The molecule has 0 aliphatic carbocycles. The van der Waals surface area contributed by atoms with Crippen LogP contribution in [0.15, 0.2) is 30.5 Å². The van der Waals surface area contributed by atoms with Crippen molar-refractivity contribution >= 4 is 38.8 Å². The summed E-state index contributed by atoms with van der Waals surface area (Å²) in [4.78, 5) is 35.6. The van der Waals surface area contributed by atoms with Crippen LogP contribution in [-0.4, -0.2) is 60.3 Å². The smallest absolute Gasteiger partial charge is 0.328 e. The summed E-state index contributed by atoms with van der Waals surface area (Å²) in [6.45, 7) is 1.90. The van der Waals surface area contributed by atoms with Crippen molar-refractivity contribution in [3.8, 4) is 0 Å². The number of carbonyl (C=O) groups is 3. The average molecular weight is 471 g/mol. The zero-order valence-electron chi connectivity index (χ0n) is 18.3. The lowest BCUT2D eigenvalue weighted by Crippen LogP contribution is -2.50. The number of amides is 2. The van der Waals surface area contributed by atoms with Crippen LogP contribution in [0.5, 0.6) is 0 Å². The number of aryl methyl sites for hydroxylation is 1. The van der Waals surface area contributed by atoms with E-state index in [4.69, 9.17) is 20.8 Å². The number of fused-ring (bicyclic) bond motifs is 1. The van der Waals surface area contributed by atoms with Crippen molar-refractivity contribution in [3.63, 3.8) is 0 Å². The Balaban J connectivity index is 0.000000920. The largest absolute Gasteiger partial charge is 0.464 e. The van der Waals surface area contributed by atoms with Crippen molar-refractivity contribution in [2.75, 3.05) is 12.9 Å². The highest BCUT2D eigenvalue weighted by molar-refractivity contribution is 7.85. The van der Waals surface area contributed by atoms with Crippen LogP contribution in [0.4, 0.5) is 0 Å². The monoisotopic (exact) mass is 470 g/mol. The first kappa shape index (κ1) is 27.1. The second-order valence-corrected chi connectivity index (χ2v) is 8.61. The average Bonchev–Trinajstić information content (AvgIpc) is 3.00. The SMILES string of the molecule is CCOC(=O)C(Cc1cn(C)c2ccccc12)NC(=O)C(N)CCC(N)=O.CS(=O)(=O)O. The maximum atomic E-state index is 12.4. The van der Waals surface area contributed by atoms with Gasteiger partial charge in [0.05, 0.1) is 18.9 Å². The summed E-state index contributed by atoms with van der Waals surface area (Å²) < 4.78 is 32.9. The summed E-state index contributed by atoms with van der Waals surface area (Å²) in [5, 5.41) is 3.65.